The summed E-state index contributed by atoms with van der Waals surface area (Å²) in [6, 6.07) is 0. The van der Waals surface area contributed by atoms with Gasteiger partial charge in [-0.15, -0.1) is 0 Å². The maximum atomic E-state index is 2.24. The molecular formula is C4H4I. The maximum absolute atomic E-state index is 2.24. The fraction of sp³-hybridized carbons (Fsp3) is 0. The van der Waals surface area contributed by atoms with E-state index in [1.165, 1.54) is 0 Å². The molecule has 0 nitrogen and oxygen atoms in total. The number of hydrogen-bond acceptors (Lipinski definition) is 0. The summed E-state index contributed by atoms with van der Waals surface area (Å²) in [5.74, 6) is 0. The van der Waals surface area contributed by atoms with Crippen LogP contribution in [0.1, 0.15) is 0 Å². The van der Waals surface area contributed by atoms with Crippen LogP contribution in [0.4, 0.5) is 0 Å². The summed E-state index contributed by atoms with van der Waals surface area (Å²) in [6.45, 7) is 0. The van der Waals surface area contributed by atoms with Crippen molar-refractivity contribution in [2.24, 2.45) is 0 Å². The Balaban J connectivity index is 2.61. The maximum Gasteiger partial charge on any atom is -0.0286 e. The fourth-order valence-corrected chi connectivity index (χ4v) is 1.41. The molecule has 1 aliphatic rings. The van der Waals surface area contributed by atoms with E-state index in [0.717, 1.165) is 0 Å². The molecular weight excluding hydrogens is 175 g/mol. The van der Waals surface area contributed by atoms with Crippen LogP contribution in [0, 0.1) is 0 Å². The second-order valence-corrected chi connectivity index (χ2v) is 2.92. The van der Waals surface area contributed by atoms with E-state index in [0.29, 0.717) is 21.2 Å². The minimum Gasteiger partial charge on any atom is -0.0937 e. The fourth-order valence-electron chi connectivity index (χ4n) is 0.210. The molecule has 1 aliphatic heterocycles. The van der Waals surface area contributed by atoms with Crippen molar-refractivity contribution >= 4 is 21.2 Å². The van der Waals surface area contributed by atoms with E-state index in [9.17, 15) is 0 Å². The van der Waals surface area contributed by atoms with E-state index in [2.05, 4.69) is 20.3 Å². The van der Waals surface area contributed by atoms with Crippen molar-refractivity contribution in [2.75, 3.05) is 0 Å². The summed E-state index contributed by atoms with van der Waals surface area (Å²) in [5.41, 5.74) is 0. The molecule has 1 radical (unpaired) electrons. The summed E-state index contributed by atoms with van der Waals surface area (Å²) in [4.78, 5) is 0. The van der Waals surface area contributed by atoms with Crippen LogP contribution >= 0.6 is 21.2 Å². The zero-order valence-electron chi connectivity index (χ0n) is 2.69. The van der Waals surface area contributed by atoms with Crippen molar-refractivity contribution in [3.8, 4) is 0 Å². The summed E-state index contributed by atoms with van der Waals surface area (Å²) >= 11 is 0.381. The first-order chi connectivity index (χ1) is 2.50. The molecule has 0 bridgehead atoms. The molecule has 0 fully saturated rings. The van der Waals surface area contributed by atoms with Gasteiger partial charge in [-0.2, -0.15) is 0 Å². The van der Waals surface area contributed by atoms with Gasteiger partial charge in [0.15, 0.2) is 0 Å². The molecule has 0 saturated heterocycles. The van der Waals surface area contributed by atoms with Gasteiger partial charge in [0.05, 0.1) is 0 Å². The van der Waals surface area contributed by atoms with Gasteiger partial charge in [-0.1, -0.05) is 33.4 Å². The smallest absolute Gasteiger partial charge is 0.0286 e. The van der Waals surface area contributed by atoms with Gasteiger partial charge in [0.25, 0.3) is 0 Å². The third kappa shape index (κ3) is 0.758. The summed E-state index contributed by atoms with van der Waals surface area (Å²) < 4.78 is 4.47. The van der Waals surface area contributed by atoms with Crippen LogP contribution in [0.25, 0.3) is 0 Å². The molecule has 0 saturated carbocycles. The Labute approximate surface area is 41.8 Å². The first kappa shape index (κ1) is 3.40. The molecule has 0 aromatic rings. The minimum atomic E-state index is 0.381. The second-order valence-electron chi connectivity index (χ2n) is 0.763. The van der Waals surface area contributed by atoms with Gasteiger partial charge < -0.3 is 0 Å². The van der Waals surface area contributed by atoms with Gasteiger partial charge >= 0.3 is 0 Å². The van der Waals surface area contributed by atoms with E-state index in [-0.39, 0.29) is 0 Å². The topological polar surface area (TPSA) is 0 Å². The minimum absolute atomic E-state index is 0.381. The molecule has 1 rings (SSSR count). The van der Waals surface area contributed by atoms with Crippen LogP contribution in [0.3, 0.4) is 0 Å². The molecule has 1 heterocycles. The largest absolute Gasteiger partial charge is 0.0937 e. The van der Waals surface area contributed by atoms with Crippen LogP contribution in [0.15, 0.2) is 20.3 Å². The Kier molecular flexibility index (Phi) is 1.09. The van der Waals surface area contributed by atoms with Gasteiger partial charge in [0.1, 0.15) is 0 Å². The van der Waals surface area contributed by atoms with Crippen LogP contribution in [-0.4, -0.2) is 0 Å². The predicted molar refractivity (Wildman–Crippen MR) is 32.3 cm³/mol. The third-order valence-corrected chi connectivity index (χ3v) is 2.06. The lowest BCUT2D eigenvalue weighted by molar-refractivity contribution is 2.15. The molecule has 27 valence electrons. The van der Waals surface area contributed by atoms with Crippen molar-refractivity contribution in [2.45, 2.75) is 0 Å². The Morgan fingerprint density at radius 2 is 1.60 bits per heavy atom. The van der Waals surface area contributed by atoms with E-state index < -0.39 is 0 Å². The zero-order valence-corrected chi connectivity index (χ0v) is 4.84. The molecule has 0 aromatic carbocycles. The molecule has 5 heavy (non-hydrogen) atoms. The van der Waals surface area contributed by atoms with Gasteiger partial charge in [-0.05, 0) is 8.17 Å². The Bertz CT molecular complexity index is 61.7. The average Bonchev–Trinajstić information content (AvgIpc) is 1.76. The number of allylic oxidation sites excluding steroid dienone is 2. The molecule has 0 aromatic heterocycles. The molecule has 1 heteroatoms. The number of hydrogen-bond donors (Lipinski definition) is 0. The normalized spacial score (nSPS) is 17.6. The van der Waals surface area contributed by atoms with E-state index in [4.69, 9.17) is 0 Å². The van der Waals surface area contributed by atoms with E-state index >= 15 is 0 Å². The Morgan fingerprint density at radius 1 is 1.00 bits per heavy atom. The number of rotatable bonds is 0. The van der Waals surface area contributed by atoms with E-state index in [1.54, 1.807) is 0 Å². The lowest BCUT2D eigenvalue weighted by Crippen LogP contribution is -1.21. The average molecular weight is 179 g/mol. The monoisotopic (exact) mass is 179 g/mol. The molecule has 0 amide bonds. The standard InChI is InChI=1S/C4H4I/c1-2-4-5-3-1/h1-4H. The van der Waals surface area contributed by atoms with Crippen molar-refractivity contribution in [3.05, 3.63) is 20.3 Å². The van der Waals surface area contributed by atoms with Crippen molar-refractivity contribution in [1.29, 1.82) is 0 Å². The Morgan fingerprint density at radius 3 is 1.80 bits per heavy atom. The molecule has 0 unspecified atom stereocenters. The number of halogens is 1. The van der Waals surface area contributed by atoms with Crippen molar-refractivity contribution in [3.63, 3.8) is 0 Å². The highest BCUT2D eigenvalue weighted by molar-refractivity contribution is 14.2. The van der Waals surface area contributed by atoms with E-state index in [1.807, 2.05) is 0 Å². The highest BCUT2D eigenvalue weighted by Gasteiger charge is 1.72. The van der Waals surface area contributed by atoms with Gasteiger partial charge in [0, 0.05) is 0 Å². The molecule has 0 aliphatic carbocycles. The lowest BCUT2D eigenvalue weighted by Gasteiger charge is -1.58. The van der Waals surface area contributed by atoms with Gasteiger partial charge in [-0.3, -0.25) is 0 Å². The van der Waals surface area contributed by atoms with Crippen molar-refractivity contribution in [1.82, 2.24) is 0 Å². The summed E-state index contributed by atoms with van der Waals surface area (Å²) in [6.07, 6.45) is 4.21. The van der Waals surface area contributed by atoms with Crippen molar-refractivity contribution < 1.29 is 0 Å². The highest BCUT2D eigenvalue weighted by atomic mass is 127. The zero-order chi connectivity index (χ0) is 3.54. The SMILES string of the molecule is C1=C[I]C=C1. The third-order valence-electron chi connectivity index (χ3n) is 0.402. The first-order valence-corrected chi connectivity index (χ1v) is 3.93. The van der Waals surface area contributed by atoms with Crippen LogP contribution in [0.5, 0.6) is 0 Å². The molecule has 0 spiro atoms. The first-order valence-electron chi connectivity index (χ1n) is 1.44. The lowest BCUT2D eigenvalue weighted by atomic mass is 10.6. The predicted octanol–water partition coefficient (Wildman–Crippen LogP) is 2.00. The highest BCUT2D eigenvalue weighted by Crippen LogP contribution is 2.18. The van der Waals surface area contributed by atoms with Crippen LogP contribution in [0.2, 0.25) is 0 Å². The molecule has 0 atom stereocenters. The Hall–Kier alpha value is 0.210. The molecule has 0 N–H and O–H groups in total. The van der Waals surface area contributed by atoms with Gasteiger partial charge in [-0.25, -0.2) is 0 Å². The summed E-state index contributed by atoms with van der Waals surface area (Å²) in [7, 11) is 0. The summed E-state index contributed by atoms with van der Waals surface area (Å²) in [5, 5.41) is 0. The van der Waals surface area contributed by atoms with Gasteiger partial charge in [0.2, 0.25) is 0 Å². The van der Waals surface area contributed by atoms with Crippen LogP contribution in [-0.2, 0) is 0 Å². The second kappa shape index (κ2) is 1.60. The quantitative estimate of drug-likeness (QED) is 0.499. The van der Waals surface area contributed by atoms with Crippen LogP contribution < -0.4 is 0 Å².